The Morgan fingerprint density at radius 2 is 2.00 bits per heavy atom. The highest BCUT2D eigenvalue weighted by molar-refractivity contribution is 6.69. The molecule has 0 aromatic heterocycles. The molecule has 1 nitrogen and oxygen atoms in total. The van der Waals surface area contributed by atoms with Crippen molar-refractivity contribution in [1.82, 2.24) is 0 Å². The van der Waals surface area contributed by atoms with E-state index in [0.29, 0.717) is 0 Å². The summed E-state index contributed by atoms with van der Waals surface area (Å²) in [6.45, 7) is 8.45. The lowest BCUT2D eigenvalue weighted by Gasteiger charge is -2.46. The van der Waals surface area contributed by atoms with Crippen molar-refractivity contribution in [2.45, 2.75) is 58.4 Å². The van der Waals surface area contributed by atoms with Gasteiger partial charge in [0.05, 0.1) is 0 Å². The second-order valence-electron chi connectivity index (χ2n) is 5.60. The second kappa shape index (κ2) is 5.08. The molecule has 0 bridgehead atoms. The Morgan fingerprint density at radius 3 is 2.31 bits per heavy atom. The summed E-state index contributed by atoms with van der Waals surface area (Å²) >= 11 is 0. The number of rotatable bonds is 4. The van der Waals surface area contributed by atoms with Crippen LogP contribution in [0.3, 0.4) is 0 Å². The number of hydrogen-bond donors (Lipinski definition) is 0. The van der Waals surface area contributed by atoms with Gasteiger partial charge in [-0.15, -0.1) is 18.3 Å². The molecule has 0 aromatic rings. The van der Waals surface area contributed by atoms with Crippen molar-refractivity contribution in [3.05, 3.63) is 0 Å². The Bertz CT molecular complexity index is 330. The van der Waals surface area contributed by atoms with Crippen LogP contribution in [0.5, 0.6) is 0 Å². The minimum atomic E-state index is -1.56. The SMILES string of the molecule is C#CC(O[Si](C)(C)C)C1(CC#CC)CCC1. The van der Waals surface area contributed by atoms with Gasteiger partial charge >= 0.3 is 0 Å². The van der Waals surface area contributed by atoms with Crippen LogP contribution >= 0.6 is 0 Å². The van der Waals surface area contributed by atoms with Gasteiger partial charge in [-0.05, 0) is 39.4 Å². The maximum absolute atomic E-state index is 6.13. The van der Waals surface area contributed by atoms with Crippen molar-refractivity contribution in [3.63, 3.8) is 0 Å². The van der Waals surface area contributed by atoms with Crippen molar-refractivity contribution >= 4 is 8.32 Å². The molecule has 1 atom stereocenters. The third-order valence-corrected chi connectivity index (χ3v) is 4.09. The van der Waals surface area contributed by atoms with Crippen molar-refractivity contribution in [3.8, 4) is 24.2 Å². The fraction of sp³-hybridized carbons (Fsp3) is 0.714. The molecule has 0 aliphatic heterocycles. The van der Waals surface area contributed by atoms with E-state index in [1.807, 2.05) is 6.92 Å². The van der Waals surface area contributed by atoms with Crippen LogP contribution in [0.2, 0.25) is 19.6 Å². The lowest BCUT2D eigenvalue weighted by Crippen LogP contribution is -2.46. The molecular weight excluding hydrogens is 212 g/mol. The first kappa shape index (κ1) is 13.4. The van der Waals surface area contributed by atoms with Gasteiger partial charge in [0, 0.05) is 11.8 Å². The lowest BCUT2D eigenvalue weighted by atomic mass is 9.63. The monoisotopic (exact) mass is 234 g/mol. The molecule has 1 aliphatic rings. The average molecular weight is 234 g/mol. The highest BCUT2D eigenvalue weighted by Gasteiger charge is 2.44. The summed E-state index contributed by atoms with van der Waals surface area (Å²) in [6.07, 6.45) is 10.1. The predicted octanol–water partition coefficient (Wildman–Crippen LogP) is 3.42. The van der Waals surface area contributed by atoms with Gasteiger partial charge in [-0.3, -0.25) is 0 Å². The molecule has 0 N–H and O–H groups in total. The zero-order valence-electron chi connectivity index (χ0n) is 10.9. The summed E-state index contributed by atoms with van der Waals surface area (Å²) in [4.78, 5) is 0. The van der Waals surface area contributed by atoms with E-state index >= 15 is 0 Å². The molecule has 16 heavy (non-hydrogen) atoms. The predicted molar refractivity (Wildman–Crippen MR) is 71.4 cm³/mol. The molecule has 1 aliphatic carbocycles. The smallest absolute Gasteiger partial charge is 0.185 e. The summed E-state index contributed by atoms with van der Waals surface area (Å²) in [6, 6.07) is 0. The summed E-state index contributed by atoms with van der Waals surface area (Å²) in [7, 11) is -1.56. The van der Waals surface area contributed by atoms with Crippen LogP contribution < -0.4 is 0 Å². The topological polar surface area (TPSA) is 9.23 Å². The van der Waals surface area contributed by atoms with Gasteiger partial charge in [0.1, 0.15) is 6.10 Å². The van der Waals surface area contributed by atoms with Crippen molar-refractivity contribution in [2.24, 2.45) is 5.41 Å². The van der Waals surface area contributed by atoms with E-state index in [-0.39, 0.29) is 11.5 Å². The van der Waals surface area contributed by atoms with Gasteiger partial charge in [-0.1, -0.05) is 12.3 Å². The third-order valence-electron chi connectivity index (χ3n) is 3.15. The quantitative estimate of drug-likeness (QED) is 0.535. The fourth-order valence-electron chi connectivity index (χ4n) is 2.12. The summed E-state index contributed by atoms with van der Waals surface area (Å²) in [5.74, 6) is 9.01. The second-order valence-corrected chi connectivity index (χ2v) is 10.1. The first-order valence-electron chi connectivity index (χ1n) is 5.97. The van der Waals surface area contributed by atoms with E-state index in [4.69, 9.17) is 10.8 Å². The Balaban J connectivity index is 2.75. The van der Waals surface area contributed by atoms with E-state index in [0.717, 1.165) is 6.42 Å². The molecular formula is C14H22OSi. The average Bonchev–Trinajstić information content (AvgIpc) is 2.12. The lowest BCUT2D eigenvalue weighted by molar-refractivity contribution is 0.0162. The maximum Gasteiger partial charge on any atom is 0.185 e. The Kier molecular flexibility index (Phi) is 4.25. The molecule has 0 spiro atoms. The van der Waals surface area contributed by atoms with Crippen LogP contribution in [0, 0.1) is 29.6 Å². The molecule has 88 valence electrons. The minimum absolute atomic E-state index is 0.0335. The van der Waals surface area contributed by atoms with Gasteiger partial charge in [-0.25, -0.2) is 0 Å². The van der Waals surface area contributed by atoms with Crippen molar-refractivity contribution < 1.29 is 4.43 Å². The van der Waals surface area contributed by atoms with Gasteiger partial charge in [-0.2, -0.15) is 0 Å². The first-order valence-corrected chi connectivity index (χ1v) is 9.38. The number of terminal acetylenes is 1. The highest BCUT2D eigenvalue weighted by atomic mass is 28.4. The van der Waals surface area contributed by atoms with Crippen LogP contribution in [0.25, 0.3) is 0 Å². The van der Waals surface area contributed by atoms with Crippen LogP contribution in [0.15, 0.2) is 0 Å². The molecule has 0 aromatic carbocycles. The molecule has 1 saturated carbocycles. The Labute approximate surface area is 101 Å². The van der Waals surface area contributed by atoms with Crippen molar-refractivity contribution in [1.29, 1.82) is 0 Å². The molecule has 2 heteroatoms. The summed E-state index contributed by atoms with van der Waals surface area (Å²) in [5.41, 5.74) is 0.151. The van der Waals surface area contributed by atoms with Crippen LogP contribution in [0.1, 0.15) is 32.6 Å². The van der Waals surface area contributed by atoms with Crippen LogP contribution in [-0.2, 0) is 4.43 Å². The molecule has 0 amide bonds. The zero-order valence-corrected chi connectivity index (χ0v) is 11.9. The molecule has 0 saturated heterocycles. The van der Waals surface area contributed by atoms with E-state index in [1.165, 1.54) is 19.3 Å². The maximum atomic E-state index is 6.13. The zero-order chi connectivity index (χ0) is 12.2. The Hall–Kier alpha value is -0.703. The molecule has 0 radical (unpaired) electrons. The minimum Gasteiger partial charge on any atom is -0.403 e. The summed E-state index contributed by atoms with van der Waals surface area (Å²) in [5, 5.41) is 0. The number of hydrogen-bond acceptors (Lipinski definition) is 1. The van der Waals surface area contributed by atoms with Crippen molar-refractivity contribution in [2.75, 3.05) is 0 Å². The summed E-state index contributed by atoms with van der Waals surface area (Å²) < 4.78 is 6.13. The third kappa shape index (κ3) is 3.14. The van der Waals surface area contributed by atoms with Gasteiger partial charge < -0.3 is 4.43 Å². The fourth-order valence-corrected chi connectivity index (χ4v) is 3.14. The standard InChI is InChI=1S/C14H22OSi/c1-6-8-10-14(11-9-12-14)13(7-2)15-16(3,4)5/h2,13H,9-12H2,1,3-5H3. The molecule has 1 unspecified atom stereocenters. The van der Waals surface area contributed by atoms with E-state index in [2.05, 4.69) is 37.4 Å². The van der Waals surface area contributed by atoms with E-state index in [1.54, 1.807) is 0 Å². The molecule has 1 rings (SSSR count). The van der Waals surface area contributed by atoms with E-state index in [9.17, 15) is 0 Å². The molecule has 0 heterocycles. The Morgan fingerprint density at radius 1 is 1.38 bits per heavy atom. The largest absolute Gasteiger partial charge is 0.403 e. The van der Waals surface area contributed by atoms with Gasteiger partial charge in [0.15, 0.2) is 8.32 Å². The highest BCUT2D eigenvalue weighted by Crippen LogP contribution is 2.48. The van der Waals surface area contributed by atoms with Crippen LogP contribution in [-0.4, -0.2) is 14.4 Å². The first-order chi connectivity index (χ1) is 7.43. The normalized spacial score (nSPS) is 19.9. The van der Waals surface area contributed by atoms with Gasteiger partial charge in [0.25, 0.3) is 0 Å². The van der Waals surface area contributed by atoms with Gasteiger partial charge in [0.2, 0.25) is 0 Å². The van der Waals surface area contributed by atoms with Crippen LogP contribution in [0.4, 0.5) is 0 Å². The van der Waals surface area contributed by atoms with E-state index < -0.39 is 8.32 Å². The molecule has 1 fully saturated rings.